The summed E-state index contributed by atoms with van der Waals surface area (Å²) in [6.45, 7) is 4.07. The van der Waals surface area contributed by atoms with Crippen molar-refractivity contribution in [3.63, 3.8) is 0 Å². The van der Waals surface area contributed by atoms with Crippen LogP contribution < -0.4 is 9.47 Å². The second-order valence-electron chi connectivity index (χ2n) is 8.21. The summed E-state index contributed by atoms with van der Waals surface area (Å²) in [4.78, 5) is 42.0. The Balaban J connectivity index is 1.74. The molecule has 32 heavy (non-hydrogen) atoms. The van der Waals surface area contributed by atoms with Gasteiger partial charge in [0.25, 0.3) is 0 Å². The van der Waals surface area contributed by atoms with Crippen LogP contribution in [0.5, 0.6) is 11.5 Å². The van der Waals surface area contributed by atoms with E-state index in [1.54, 1.807) is 28.1 Å². The summed E-state index contributed by atoms with van der Waals surface area (Å²) >= 11 is 0. The van der Waals surface area contributed by atoms with E-state index in [4.69, 9.17) is 9.47 Å². The summed E-state index contributed by atoms with van der Waals surface area (Å²) < 4.78 is 11.0. The second kappa shape index (κ2) is 8.63. The van der Waals surface area contributed by atoms with Crippen LogP contribution in [0.3, 0.4) is 0 Å². The van der Waals surface area contributed by atoms with Gasteiger partial charge < -0.3 is 9.47 Å². The van der Waals surface area contributed by atoms with E-state index in [1.807, 2.05) is 42.5 Å². The molecule has 2 aliphatic heterocycles. The van der Waals surface area contributed by atoms with Crippen LogP contribution in [0.2, 0.25) is 0 Å². The number of hydrogen-bond donors (Lipinski definition) is 0. The van der Waals surface area contributed by atoms with Crippen LogP contribution >= 0.6 is 0 Å². The maximum absolute atomic E-state index is 12.9. The topological polar surface area (TPSA) is 79.4 Å². The van der Waals surface area contributed by atoms with Crippen molar-refractivity contribution in [1.82, 2.24) is 14.7 Å². The molecule has 2 aliphatic rings. The summed E-state index contributed by atoms with van der Waals surface area (Å²) in [5.41, 5.74) is 3.16. The van der Waals surface area contributed by atoms with Crippen molar-refractivity contribution in [2.24, 2.45) is 0 Å². The van der Waals surface area contributed by atoms with Crippen LogP contribution in [0, 0.1) is 0 Å². The van der Waals surface area contributed by atoms with E-state index in [-0.39, 0.29) is 18.8 Å². The van der Waals surface area contributed by atoms with Crippen molar-refractivity contribution in [1.29, 1.82) is 0 Å². The van der Waals surface area contributed by atoms with Gasteiger partial charge in [0.2, 0.25) is 0 Å². The van der Waals surface area contributed by atoms with E-state index in [2.05, 4.69) is 4.90 Å². The highest BCUT2D eigenvalue weighted by molar-refractivity contribution is 6.44. The maximum Gasteiger partial charge on any atom is 0.335 e. The first-order valence-corrected chi connectivity index (χ1v) is 10.6. The summed E-state index contributed by atoms with van der Waals surface area (Å²) in [6, 6.07) is 12.7. The van der Waals surface area contributed by atoms with Crippen LogP contribution in [0.25, 0.3) is 0 Å². The first kappa shape index (κ1) is 21.8. The molecule has 2 aromatic rings. The number of imide groups is 2. The average Bonchev–Trinajstić information content (AvgIpc) is 3.01. The Morgan fingerprint density at radius 1 is 0.969 bits per heavy atom. The van der Waals surface area contributed by atoms with Crippen LogP contribution in [0.4, 0.5) is 4.79 Å². The highest BCUT2D eigenvalue weighted by Gasteiger charge is 2.47. The highest BCUT2D eigenvalue weighted by Crippen LogP contribution is 2.41. The minimum absolute atomic E-state index is 0.0278. The lowest BCUT2D eigenvalue weighted by molar-refractivity contribution is -0.144. The standard InChI is InChI=1S/C24H27N3O5/c1-15(2)27-23(29)22(28)26(24(27)30)14-25-11-10-17-12-19(31-3)20(32-4)13-18(17)21(25)16-8-6-5-7-9-16/h5-9,12-13,15,21H,10-11,14H2,1-4H3/t21-/m1/s1. The van der Waals surface area contributed by atoms with E-state index in [0.29, 0.717) is 24.5 Å². The molecule has 4 rings (SSSR count). The van der Waals surface area contributed by atoms with Crippen molar-refractivity contribution in [3.8, 4) is 11.5 Å². The van der Waals surface area contributed by atoms with Crippen LogP contribution in [-0.4, -0.2) is 66.0 Å². The number of carbonyl (C=O) groups excluding carboxylic acids is 3. The molecule has 8 nitrogen and oxygen atoms in total. The number of hydrogen-bond acceptors (Lipinski definition) is 6. The van der Waals surface area contributed by atoms with Gasteiger partial charge in [-0.15, -0.1) is 0 Å². The molecule has 2 heterocycles. The van der Waals surface area contributed by atoms with Crippen LogP contribution in [0.15, 0.2) is 42.5 Å². The molecule has 0 saturated carbocycles. The number of ether oxygens (including phenoxy) is 2. The molecule has 0 aliphatic carbocycles. The van der Waals surface area contributed by atoms with Gasteiger partial charge in [0.1, 0.15) is 0 Å². The number of urea groups is 1. The quantitative estimate of drug-likeness (QED) is 0.511. The predicted molar refractivity (Wildman–Crippen MR) is 117 cm³/mol. The number of carbonyl (C=O) groups is 3. The van der Waals surface area contributed by atoms with Crippen molar-refractivity contribution in [2.75, 3.05) is 27.4 Å². The molecule has 2 aromatic carbocycles. The SMILES string of the molecule is COc1cc2c(cc1OC)[C@@H](c1ccccc1)N(CN1C(=O)C(=O)N(C(C)C)C1=O)CC2. The predicted octanol–water partition coefficient (Wildman–Crippen LogP) is 2.81. The summed E-state index contributed by atoms with van der Waals surface area (Å²) in [5.74, 6) is -0.281. The number of methoxy groups -OCH3 is 2. The zero-order valence-electron chi connectivity index (χ0n) is 18.7. The largest absolute Gasteiger partial charge is 0.493 e. The fourth-order valence-corrected chi connectivity index (χ4v) is 4.46. The molecule has 1 atom stereocenters. The molecule has 0 bridgehead atoms. The molecule has 0 N–H and O–H groups in total. The Morgan fingerprint density at radius 3 is 2.22 bits per heavy atom. The highest BCUT2D eigenvalue weighted by atomic mass is 16.5. The van der Waals surface area contributed by atoms with Gasteiger partial charge in [-0.25, -0.2) is 9.69 Å². The Morgan fingerprint density at radius 2 is 1.62 bits per heavy atom. The molecule has 1 saturated heterocycles. The normalized spacial score (nSPS) is 19.0. The molecule has 0 radical (unpaired) electrons. The molecule has 0 spiro atoms. The van der Waals surface area contributed by atoms with Gasteiger partial charge in [0.05, 0.1) is 26.9 Å². The molecule has 8 heteroatoms. The second-order valence-corrected chi connectivity index (χ2v) is 8.21. The van der Waals surface area contributed by atoms with E-state index >= 15 is 0 Å². The lowest BCUT2D eigenvalue weighted by Gasteiger charge is -2.39. The Kier molecular flexibility index (Phi) is 5.88. The van der Waals surface area contributed by atoms with E-state index in [9.17, 15) is 14.4 Å². The van der Waals surface area contributed by atoms with E-state index in [1.165, 1.54) is 0 Å². The minimum atomic E-state index is -0.784. The smallest absolute Gasteiger partial charge is 0.335 e. The van der Waals surface area contributed by atoms with Gasteiger partial charge in [0, 0.05) is 12.6 Å². The van der Waals surface area contributed by atoms with Gasteiger partial charge >= 0.3 is 17.8 Å². The average molecular weight is 437 g/mol. The zero-order valence-corrected chi connectivity index (χ0v) is 18.7. The minimum Gasteiger partial charge on any atom is -0.493 e. The number of nitrogens with zero attached hydrogens (tertiary/aromatic N) is 3. The number of fused-ring (bicyclic) bond motifs is 1. The van der Waals surface area contributed by atoms with Gasteiger partial charge in [-0.2, -0.15) is 0 Å². The molecule has 4 amide bonds. The third kappa shape index (κ3) is 3.60. The van der Waals surface area contributed by atoms with Crippen LogP contribution in [0.1, 0.15) is 36.6 Å². The van der Waals surface area contributed by atoms with Crippen molar-refractivity contribution in [3.05, 3.63) is 59.2 Å². The van der Waals surface area contributed by atoms with Gasteiger partial charge in [-0.3, -0.25) is 19.4 Å². The third-order valence-electron chi connectivity index (χ3n) is 6.01. The molecular weight excluding hydrogens is 410 g/mol. The number of amides is 4. The first-order chi connectivity index (χ1) is 15.4. The van der Waals surface area contributed by atoms with Gasteiger partial charge in [-0.05, 0) is 49.1 Å². The Bertz CT molecular complexity index is 1050. The Labute approximate surface area is 187 Å². The third-order valence-corrected chi connectivity index (χ3v) is 6.01. The lowest BCUT2D eigenvalue weighted by Crippen LogP contribution is -2.47. The molecule has 0 unspecified atom stereocenters. The Hall–Kier alpha value is -3.39. The van der Waals surface area contributed by atoms with Crippen molar-refractivity contribution < 1.29 is 23.9 Å². The van der Waals surface area contributed by atoms with Gasteiger partial charge in [-0.1, -0.05) is 30.3 Å². The van der Waals surface area contributed by atoms with Crippen molar-refractivity contribution >= 4 is 17.8 Å². The molecular formula is C24H27N3O5. The number of rotatable bonds is 6. The molecule has 168 valence electrons. The van der Waals surface area contributed by atoms with E-state index < -0.39 is 17.8 Å². The van der Waals surface area contributed by atoms with Crippen molar-refractivity contribution in [2.45, 2.75) is 32.4 Å². The van der Waals surface area contributed by atoms with Crippen LogP contribution in [-0.2, 0) is 16.0 Å². The summed E-state index contributed by atoms with van der Waals surface area (Å²) in [5, 5.41) is 0. The zero-order chi connectivity index (χ0) is 23.0. The lowest BCUT2D eigenvalue weighted by atomic mass is 9.88. The monoisotopic (exact) mass is 437 g/mol. The first-order valence-electron chi connectivity index (χ1n) is 10.6. The van der Waals surface area contributed by atoms with Gasteiger partial charge in [0.15, 0.2) is 11.5 Å². The number of benzene rings is 2. The summed E-state index contributed by atoms with van der Waals surface area (Å²) in [6.07, 6.45) is 0.705. The summed E-state index contributed by atoms with van der Waals surface area (Å²) in [7, 11) is 3.20. The maximum atomic E-state index is 12.9. The van der Waals surface area contributed by atoms with E-state index in [0.717, 1.165) is 26.5 Å². The fraction of sp³-hybridized carbons (Fsp3) is 0.375. The molecule has 0 aromatic heterocycles. The molecule has 1 fully saturated rings. The fourth-order valence-electron chi connectivity index (χ4n) is 4.46.